The van der Waals surface area contributed by atoms with E-state index in [1.165, 1.54) is 0 Å². The first-order valence-corrected chi connectivity index (χ1v) is 5.17. The molecule has 1 heteroatoms. The standard InChI is InChI=1S/C15H13O/c1-16-15-11-9-14(10-12-15)8-7-13-5-3-2-4-6-13/h2-6,8-12H,1H3. The molecule has 1 radical (unpaired) electrons. The van der Waals surface area contributed by atoms with Crippen molar-refractivity contribution in [1.29, 1.82) is 0 Å². The van der Waals surface area contributed by atoms with Crippen molar-refractivity contribution in [3.63, 3.8) is 0 Å². The monoisotopic (exact) mass is 209 g/mol. The minimum atomic E-state index is 0.872. The van der Waals surface area contributed by atoms with E-state index in [1.807, 2.05) is 60.7 Å². The van der Waals surface area contributed by atoms with Crippen LogP contribution in [-0.4, -0.2) is 7.11 Å². The van der Waals surface area contributed by atoms with Crippen molar-refractivity contribution < 1.29 is 4.74 Å². The lowest BCUT2D eigenvalue weighted by molar-refractivity contribution is 0.415. The van der Waals surface area contributed by atoms with Crippen LogP contribution in [-0.2, 0) is 0 Å². The minimum absolute atomic E-state index is 0.872. The zero-order valence-electron chi connectivity index (χ0n) is 9.18. The molecule has 16 heavy (non-hydrogen) atoms. The summed E-state index contributed by atoms with van der Waals surface area (Å²) < 4.78 is 5.10. The van der Waals surface area contributed by atoms with Gasteiger partial charge in [0.05, 0.1) is 7.11 Å². The van der Waals surface area contributed by atoms with Crippen LogP contribution >= 0.6 is 0 Å². The number of rotatable bonds is 3. The second-order valence-electron chi connectivity index (χ2n) is 3.43. The molecule has 0 N–H and O–H groups in total. The molecule has 0 unspecified atom stereocenters. The fraction of sp³-hybridized carbons (Fsp3) is 0.0667. The number of ether oxygens (including phenoxy) is 1. The molecule has 0 fully saturated rings. The fourth-order valence-corrected chi connectivity index (χ4v) is 1.40. The Labute approximate surface area is 96.0 Å². The SMILES string of the molecule is COc1ccc(C=[C]c2ccccc2)cc1. The smallest absolute Gasteiger partial charge is 0.118 e. The lowest BCUT2D eigenvalue weighted by Gasteiger charge is -1.98. The van der Waals surface area contributed by atoms with Crippen molar-refractivity contribution in [2.45, 2.75) is 0 Å². The van der Waals surface area contributed by atoms with Gasteiger partial charge >= 0.3 is 0 Å². The highest BCUT2D eigenvalue weighted by molar-refractivity contribution is 5.51. The summed E-state index contributed by atoms with van der Waals surface area (Å²) >= 11 is 0. The summed E-state index contributed by atoms with van der Waals surface area (Å²) in [7, 11) is 1.67. The van der Waals surface area contributed by atoms with Crippen molar-refractivity contribution in [3.8, 4) is 5.75 Å². The van der Waals surface area contributed by atoms with Crippen molar-refractivity contribution in [2.24, 2.45) is 0 Å². The van der Waals surface area contributed by atoms with Gasteiger partial charge in [-0.05, 0) is 35.4 Å². The summed E-state index contributed by atoms with van der Waals surface area (Å²) in [6, 6.07) is 18.0. The quantitative estimate of drug-likeness (QED) is 0.702. The van der Waals surface area contributed by atoms with E-state index in [4.69, 9.17) is 4.74 Å². The van der Waals surface area contributed by atoms with Crippen LogP contribution in [0.2, 0.25) is 0 Å². The number of benzene rings is 2. The van der Waals surface area contributed by atoms with E-state index in [0.717, 1.165) is 16.9 Å². The van der Waals surface area contributed by atoms with E-state index >= 15 is 0 Å². The Bertz CT molecular complexity index is 455. The maximum atomic E-state index is 5.10. The van der Waals surface area contributed by atoms with E-state index in [-0.39, 0.29) is 0 Å². The van der Waals surface area contributed by atoms with Gasteiger partial charge in [-0.25, -0.2) is 0 Å². The third-order valence-corrected chi connectivity index (χ3v) is 2.30. The highest BCUT2D eigenvalue weighted by Gasteiger charge is 1.90. The molecule has 0 saturated heterocycles. The van der Waals surface area contributed by atoms with E-state index in [0.29, 0.717) is 0 Å². The molecular weight excluding hydrogens is 196 g/mol. The molecule has 0 bridgehead atoms. The van der Waals surface area contributed by atoms with Crippen LogP contribution in [0.15, 0.2) is 54.6 Å². The van der Waals surface area contributed by atoms with Gasteiger partial charge in [0.15, 0.2) is 0 Å². The van der Waals surface area contributed by atoms with Crippen LogP contribution in [0.4, 0.5) is 0 Å². The maximum absolute atomic E-state index is 5.10. The predicted molar refractivity (Wildman–Crippen MR) is 66.2 cm³/mol. The molecule has 0 amide bonds. The molecule has 1 nitrogen and oxygen atoms in total. The molecule has 0 spiro atoms. The summed E-state index contributed by atoms with van der Waals surface area (Å²) in [4.78, 5) is 0. The summed E-state index contributed by atoms with van der Waals surface area (Å²) in [5.41, 5.74) is 2.20. The van der Waals surface area contributed by atoms with E-state index < -0.39 is 0 Å². The number of hydrogen-bond acceptors (Lipinski definition) is 1. The Balaban J connectivity index is 2.12. The average molecular weight is 209 g/mol. The normalized spacial score (nSPS) is 10.6. The van der Waals surface area contributed by atoms with E-state index in [2.05, 4.69) is 6.08 Å². The number of methoxy groups -OCH3 is 1. The first-order valence-electron chi connectivity index (χ1n) is 5.17. The second kappa shape index (κ2) is 5.17. The average Bonchev–Trinajstić information content (AvgIpc) is 2.38. The van der Waals surface area contributed by atoms with Crippen molar-refractivity contribution in [1.82, 2.24) is 0 Å². The molecular formula is C15H13O. The number of hydrogen-bond donors (Lipinski definition) is 0. The fourth-order valence-electron chi connectivity index (χ4n) is 1.40. The molecule has 79 valence electrons. The third kappa shape index (κ3) is 2.74. The molecule has 0 saturated carbocycles. The lowest BCUT2D eigenvalue weighted by Crippen LogP contribution is -1.81. The molecule has 0 aliphatic rings. The lowest BCUT2D eigenvalue weighted by atomic mass is 10.1. The third-order valence-electron chi connectivity index (χ3n) is 2.30. The van der Waals surface area contributed by atoms with Gasteiger partial charge in [-0.3, -0.25) is 0 Å². The van der Waals surface area contributed by atoms with Crippen molar-refractivity contribution in [2.75, 3.05) is 7.11 Å². The summed E-state index contributed by atoms with van der Waals surface area (Å²) in [5.74, 6) is 0.872. The molecule has 2 aromatic carbocycles. The zero-order chi connectivity index (χ0) is 11.2. The highest BCUT2D eigenvalue weighted by atomic mass is 16.5. The molecule has 0 aromatic heterocycles. The van der Waals surface area contributed by atoms with Crippen LogP contribution in [0.3, 0.4) is 0 Å². The van der Waals surface area contributed by atoms with Gasteiger partial charge in [0.2, 0.25) is 0 Å². The zero-order valence-corrected chi connectivity index (χ0v) is 9.18. The van der Waals surface area contributed by atoms with E-state index in [9.17, 15) is 0 Å². The minimum Gasteiger partial charge on any atom is -0.497 e. The summed E-state index contributed by atoms with van der Waals surface area (Å²) in [6.07, 6.45) is 5.20. The maximum Gasteiger partial charge on any atom is 0.118 e. The molecule has 2 rings (SSSR count). The van der Waals surface area contributed by atoms with Crippen LogP contribution in [0, 0.1) is 6.08 Å². The first-order chi connectivity index (χ1) is 7.88. The molecule has 0 heterocycles. The topological polar surface area (TPSA) is 9.23 Å². The molecule has 0 aliphatic heterocycles. The largest absolute Gasteiger partial charge is 0.497 e. The summed E-state index contributed by atoms with van der Waals surface area (Å²) in [5, 5.41) is 0. The second-order valence-corrected chi connectivity index (χ2v) is 3.43. The Morgan fingerprint density at radius 2 is 1.62 bits per heavy atom. The van der Waals surface area contributed by atoms with E-state index in [1.54, 1.807) is 7.11 Å². The van der Waals surface area contributed by atoms with Crippen molar-refractivity contribution >= 4 is 6.08 Å². The molecule has 0 aliphatic carbocycles. The van der Waals surface area contributed by atoms with Crippen LogP contribution in [0.5, 0.6) is 5.75 Å². The Morgan fingerprint density at radius 1 is 0.938 bits per heavy atom. The Morgan fingerprint density at radius 3 is 2.25 bits per heavy atom. The Hall–Kier alpha value is -2.02. The Kier molecular flexibility index (Phi) is 3.39. The highest BCUT2D eigenvalue weighted by Crippen LogP contribution is 2.12. The van der Waals surface area contributed by atoms with Gasteiger partial charge in [0.25, 0.3) is 0 Å². The predicted octanol–water partition coefficient (Wildman–Crippen LogP) is 3.56. The van der Waals surface area contributed by atoms with Gasteiger partial charge in [0.1, 0.15) is 5.75 Å². The van der Waals surface area contributed by atoms with Gasteiger partial charge < -0.3 is 4.74 Å². The van der Waals surface area contributed by atoms with Gasteiger partial charge in [0, 0.05) is 0 Å². The van der Waals surface area contributed by atoms with Crippen molar-refractivity contribution in [3.05, 3.63) is 71.8 Å². The van der Waals surface area contributed by atoms with Gasteiger partial charge in [-0.1, -0.05) is 42.5 Å². The van der Waals surface area contributed by atoms with Gasteiger partial charge in [-0.15, -0.1) is 0 Å². The van der Waals surface area contributed by atoms with Crippen LogP contribution in [0.25, 0.3) is 6.08 Å². The van der Waals surface area contributed by atoms with Gasteiger partial charge in [-0.2, -0.15) is 0 Å². The molecule has 0 atom stereocenters. The van der Waals surface area contributed by atoms with Crippen LogP contribution < -0.4 is 4.74 Å². The first kappa shape index (κ1) is 10.5. The molecule has 2 aromatic rings. The summed E-state index contributed by atoms with van der Waals surface area (Å²) in [6.45, 7) is 0. The van der Waals surface area contributed by atoms with Crippen LogP contribution in [0.1, 0.15) is 11.1 Å².